The van der Waals surface area contributed by atoms with Crippen LogP contribution in [0.5, 0.6) is 5.75 Å². The van der Waals surface area contributed by atoms with E-state index in [-0.39, 0.29) is 11.5 Å². The zero-order chi connectivity index (χ0) is 27.1. The number of hydrogen-bond acceptors (Lipinski definition) is 9. The zero-order valence-corrected chi connectivity index (χ0v) is 22.6. The first kappa shape index (κ1) is 25.6. The molecule has 0 radical (unpaired) electrons. The third kappa shape index (κ3) is 4.81. The van der Waals surface area contributed by atoms with E-state index in [1.54, 1.807) is 23.4 Å². The molecule has 202 valence electrons. The topological polar surface area (TPSA) is 135 Å². The molecule has 4 aromatic rings. The molecule has 0 aliphatic carbocycles. The van der Waals surface area contributed by atoms with E-state index in [0.29, 0.717) is 39.5 Å². The Balaban J connectivity index is 1.17. The van der Waals surface area contributed by atoms with Gasteiger partial charge in [-0.05, 0) is 31.0 Å². The molecule has 2 saturated heterocycles. The number of aromatic amines is 1. The Labute approximate surface area is 234 Å². The maximum atomic E-state index is 12.0. The van der Waals surface area contributed by atoms with Crippen LogP contribution in [0, 0.1) is 5.41 Å². The Hall–Kier alpha value is -3.67. The standard InChI is InChI=1S/C26H26Cl2N8O3/c1-38-25(37)35-6-2-5-26(12-35)13-36(14-26)24-31-8-15(9-32-24)22-17-7-16(3-4-20(17)33-34-22)39-23(29)21-18(27)10-30-11-19(21)28/h3-4,7-11,23H,2,5-6,12-14,29H2,1H3,(H,33,34)/t23-/m0/s1. The summed E-state index contributed by atoms with van der Waals surface area (Å²) in [4.78, 5) is 29.1. The van der Waals surface area contributed by atoms with Gasteiger partial charge in [-0.15, -0.1) is 0 Å². The molecular formula is C26H26Cl2N8O3. The molecule has 0 bridgehead atoms. The molecule has 11 nitrogen and oxygen atoms in total. The Morgan fingerprint density at radius 3 is 2.59 bits per heavy atom. The van der Waals surface area contributed by atoms with Crippen molar-refractivity contribution in [1.82, 2.24) is 30.0 Å². The number of methoxy groups -OCH3 is 1. The Morgan fingerprint density at radius 2 is 1.87 bits per heavy atom. The Bertz CT molecular complexity index is 1500. The fraction of sp³-hybridized carbons (Fsp3) is 0.346. The number of carbonyl (C=O) groups excluding carboxylic acids is 1. The van der Waals surface area contributed by atoms with Crippen LogP contribution >= 0.6 is 23.2 Å². The predicted octanol–water partition coefficient (Wildman–Crippen LogP) is 4.43. The van der Waals surface area contributed by atoms with Gasteiger partial charge in [-0.2, -0.15) is 5.10 Å². The van der Waals surface area contributed by atoms with Gasteiger partial charge in [0.2, 0.25) is 5.95 Å². The summed E-state index contributed by atoms with van der Waals surface area (Å²) in [5, 5.41) is 9.00. The largest absolute Gasteiger partial charge is 0.471 e. The number of nitrogens with two attached hydrogens (primary N) is 1. The highest BCUT2D eigenvalue weighted by atomic mass is 35.5. The summed E-state index contributed by atoms with van der Waals surface area (Å²) in [6.07, 6.45) is 7.36. The molecule has 3 aromatic heterocycles. The number of pyridine rings is 1. The third-order valence-corrected chi connectivity index (χ3v) is 7.92. The fourth-order valence-corrected chi connectivity index (χ4v) is 6.03. The number of amides is 1. The van der Waals surface area contributed by atoms with Gasteiger partial charge >= 0.3 is 6.09 Å². The molecule has 0 unspecified atom stereocenters. The number of piperidine rings is 1. The maximum Gasteiger partial charge on any atom is 0.409 e. The summed E-state index contributed by atoms with van der Waals surface area (Å²) in [6.45, 7) is 3.04. The highest BCUT2D eigenvalue weighted by Gasteiger charge is 2.47. The van der Waals surface area contributed by atoms with E-state index in [1.807, 2.05) is 12.1 Å². The number of aromatic nitrogens is 5. The van der Waals surface area contributed by atoms with Gasteiger partial charge in [0.05, 0.1) is 22.7 Å². The number of nitrogens with zero attached hydrogens (tertiary/aromatic N) is 6. The monoisotopic (exact) mass is 568 g/mol. The lowest BCUT2D eigenvalue weighted by Gasteiger charge is -2.54. The van der Waals surface area contributed by atoms with Gasteiger partial charge in [0.1, 0.15) is 11.4 Å². The summed E-state index contributed by atoms with van der Waals surface area (Å²) < 4.78 is 10.9. The molecule has 13 heteroatoms. The molecule has 6 rings (SSSR count). The molecule has 39 heavy (non-hydrogen) atoms. The van der Waals surface area contributed by atoms with Crippen molar-refractivity contribution < 1.29 is 14.3 Å². The van der Waals surface area contributed by atoms with Crippen molar-refractivity contribution in [3.63, 3.8) is 0 Å². The molecule has 1 amide bonds. The molecular weight excluding hydrogens is 543 g/mol. The van der Waals surface area contributed by atoms with Gasteiger partial charge in [-0.1, -0.05) is 23.2 Å². The SMILES string of the molecule is COC(=O)N1CCCC2(C1)CN(c1ncc(-c3n[nH]c4ccc(O[C@H](N)c5c(Cl)cncc5Cl)cc34)cn1)C2. The molecule has 2 fully saturated rings. The Morgan fingerprint density at radius 1 is 1.13 bits per heavy atom. The van der Waals surface area contributed by atoms with Crippen molar-refractivity contribution in [2.45, 2.75) is 19.1 Å². The van der Waals surface area contributed by atoms with E-state index >= 15 is 0 Å². The van der Waals surface area contributed by atoms with Crippen LogP contribution in [0.2, 0.25) is 10.0 Å². The van der Waals surface area contributed by atoms with Crippen molar-refractivity contribution in [2.24, 2.45) is 11.1 Å². The van der Waals surface area contributed by atoms with Crippen LogP contribution in [0.1, 0.15) is 24.6 Å². The number of likely N-dealkylation sites (tertiary alicyclic amines) is 1. The highest BCUT2D eigenvalue weighted by Crippen LogP contribution is 2.41. The molecule has 0 saturated carbocycles. The molecule has 1 atom stereocenters. The van der Waals surface area contributed by atoms with Crippen LogP contribution < -0.4 is 15.4 Å². The van der Waals surface area contributed by atoms with E-state index in [9.17, 15) is 4.79 Å². The summed E-state index contributed by atoms with van der Waals surface area (Å²) in [5.74, 6) is 1.18. The van der Waals surface area contributed by atoms with E-state index in [0.717, 1.165) is 48.9 Å². The molecule has 1 spiro atoms. The van der Waals surface area contributed by atoms with Gasteiger partial charge in [0.25, 0.3) is 0 Å². The third-order valence-electron chi connectivity index (χ3n) is 7.31. The first-order valence-electron chi connectivity index (χ1n) is 12.5. The number of hydrogen-bond donors (Lipinski definition) is 2. The van der Waals surface area contributed by atoms with E-state index in [4.69, 9.17) is 38.4 Å². The van der Waals surface area contributed by atoms with Gasteiger partial charge in [0, 0.05) is 72.9 Å². The lowest BCUT2D eigenvalue weighted by molar-refractivity contribution is 0.0498. The number of rotatable bonds is 5. The Kier molecular flexibility index (Phi) is 6.66. The van der Waals surface area contributed by atoms with Crippen LogP contribution in [0.25, 0.3) is 22.2 Å². The minimum atomic E-state index is -0.882. The van der Waals surface area contributed by atoms with Crippen LogP contribution in [-0.4, -0.2) is 69.4 Å². The van der Waals surface area contributed by atoms with Crippen molar-refractivity contribution in [3.05, 3.63) is 58.6 Å². The number of H-pyrrole nitrogens is 1. The van der Waals surface area contributed by atoms with Crippen molar-refractivity contribution >= 4 is 46.1 Å². The lowest BCUT2D eigenvalue weighted by atomic mass is 9.73. The lowest BCUT2D eigenvalue weighted by Crippen LogP contribution is -2.64. The fourth-order valence-electron chi connectivity index (χ4n) is 5.45. The smallest absolute Gasteiger partial charge is 0.409 e. The van der Waals surface area contributed by atoms with E-state index in [2.05, 4.69) is 30.0 Å². The zero-order valence-electron chi connectivity index (χ0n) is 21.1. The van der Waals surface area contributed by atoms with Crippen LogP contribution in [0.3, 0.4) is 0 Å². The summed E-state index contributed by atoms with van der Waals surface area (Å²) in [6, 6.07) is 5.50. The van der Waals surface area contributed by atoms with Crippen LogP contribution in [-0.2, 0) is 4.74 Å². The number of ether oxygens (including phenoxy) is 2. The number of benzene rings is 1. The first-order chi connectivity index (χ1) is 18.9. The average molecular weight is 569 g/mol. The molecule has 1 aromatic carbocycles. The summed E-state index contributed by atoms with van der Waals surface area (Å²) in [7, 11) is 1.42. The molecule has 2 aliphatic heterocycles. The van der Waals surface area contributed by atoms with Gasteiger partial charge in [0.15, 0.2) is 6.23 Å². The molecule has 2 aliphatic rings. The van der Waals surface area contributed by atoms with E-state index < -0.39 is 6.23 Å². The predicted molar refractivity (Wildman–Crippen MR) is 147 cm³/mol. The highest BCUT2D eigenvalue weighted by molar-refractivity contribution is 6.35. The van der Waals surface area contributed by atoms with Crippen molar-refractivity contribution in [3.8, 4) is 17.0 Å². The summed E-state index contributed by atoms with van der Waals surface area (Å²) in [5.41, 5.74) is 9.05. The number of halogens is 2. The number of carbonyl (C=O) groups is 1. The van der Waals surface area contributed by atoms with Gasteiger partial charge in [-0.25, -0.2) is 14.8 Å². The molecule has 5 heterocycles. The van der Waals surface area contributed by atoms with Crippen LogP contribution in [0.15, 0.2) is 43.0 Å². The minimum absolute atomic E-state index is 0.0643. The minimum Gasteiger partial charge on any atom is -0.471 e. The second-order valence-corrected chi connectivity index (χ2v) is 10.8. The normalized spacial score (nSPS) is 17.2. The molecule has 3 N–H and O–H groups in total. The second kappa shape index (κ2) is 10.1. The number of nitrogens with one attached hydrogen (secondary N) is 1. The number of fused-ring (bicyclic) bond motifs is 1. The van der Waals surface area contributed by atoms with E-state index in [1.165, 1.54) is 19.5 Å². The summed E-state index contributed by atoms with van der Waals surface area (Å²) >= 11 is 12.5. The van der Waals surface area contributed by atoms with Gasteiger partial charge in [-0.3, -0.25) is 15.8 Å². The first-order valence-corrected chi connectivity index (χ1v) is 13.2. The van der Waals surface area contributed by atoms with Gasteiger partial charge < -0.3 is 19.3 Å². The quantitative estimate of drug-likeness (QED) is 0.335. The van der Waals surface area contributed by atoms with Crippen molar-refractivity contribution in [1.29, 1.82) is 0 Å². The van der Waals surface area contributed by atoms with Crippen molar-refractivity contribution in [2.75, 3.05) is 38.2 Å². The average Bonchev–Trinajstić information content (AvgIpc) is 3.34. The van der Waals surface area contributed by atoms with Crippen LogP contribution in [0.4, 0.5) is 10.7 Å². The number of anilines is 1. The second-order valence-electron chi connectivity index (χ2n) is 9.96. The maximum absolute atomic E-state index is 12.0.